The predicted molar refractivity (Wildman–Crippen MR) is 61.3 cm³/mol. The smallest absolute Gasteiger partial charge is 0.369 e. The standard InChI is InChI=1S/C13H18F3NO2/c1-17(12(18)13(14,15)16)8-3-4-9-7(6-8)2-5-10-11(9)19-10/h7-11H,2-6H2,1H3/t7-,8-,9+,10+,11-/m1/s1. The van der Waals surface area contributed by atoms with Crippen LogP contribution >= 0.6 is 0 Å². The number of amides is 1. The topological polar surface area (TPSA) is 32.8 Å². The van der Waals surface area contributed by atoms with Crippen LogP contribution in [0.15, 0.2) is 0 Å². The molecule has 1 heterocycles. The van der Waals surface area contributed by atoms with Crippen LogP contribution in [0.2, 0.25) is 0 Å². The molecular weight excluding hydrogens is 259 g/mol. The van der Waals surface area contributed by atoms with Crippen LogP contribution < -0.4 is 0 Å². The maximum absolute atomic E-state index is 12.4. The molecule has 0 radical (unpaired) electrons. The highest BCUT2D eigenvalue weighted by Crippen LogP contribution is 2.50. The van der Waals surface area contributed by atoms with Crippen LogP contribution in [0, 0.1) is 11.8 Å². The molecule has 3 nitrogen and oxygen atoms in total. The van der Waals surface area contributed by atoms with Crippen LogP contribution in [0.4, 0.5) is 13.2 Å². The molecule has 108 valence electrons. The van der Waals surface area contributed by atoms with Crippen molar-refractivity contribution in [2.24, 2.45) is 11.8 Å². The molecule has 1 aliphatic heterocycles. The van der Waals surface area contributed by atoms with E-state index in [0.717, 1.165) is 24.2 Å². The summed E-state index contributed by atoms with van der Waals surface area (Å²) in [5.41, 5.74) is 0. The van der Waals surface area contributed by atoms with E-state index in [4.69, 9.17) is 4.74 Å². The fourth-order valence-corrected chi connectivity index (χ4v) is 3.89. The zero-order valence-corrected chi connectivity index (χ0v) is 10.8. The van der Waals surface area contributed by atoms with Crippen molar-refractivity contribution in [3.05, 3.63) is 0 Å². The van der Waals surface area contributed by atoms with Crippen molar-refractivity contribution in [1.82, 2.24) is 4.90 Å². The van der Waals surface area contributed by atoms with Gasteiger partial charge in [0.1, 0.15) is 0 Å². The third-order valence-corrected chi connectivity index (χ3v) is 4.99. The van der Waals surface area contributed by atoms with E-state index in [1.54, 1.807) is 0 Å². The van der Waals surface area contributed by atoms with E-state index in [-0.39, 0.29) is 6.04 Å². The molecule has 19 heavy (non-hydrogen) atoms. The molecule has 2 saturated carbocycles. The summed E-state index contributed by atoms with van der Waals surface area (Å²) in [7, 11) is 1.28. The van der Waals surface area contributed by atoms with Gasteiger partial charge in [0.15, 0.2) is 0 Å². The quantitative estimate of drug-likeness (QED) is 0.689. The Morgan fingerprint density at radius 3 is 2.63 bits per heavy atom. The number of halogens is 3. The zero-order valence-electron chi connectivity index (χ0n) is 10.8. The molecule has 6 heteroatoms. The van der Waals surface area contributed by atoms with Gasteiger partial charge in [-0.05, 0) is 43.9 Å². The van der Waals surface area contributed by atoms with Gasteiger partial charge in [-0.1, -0.05) is 0 Å². The number of epoxide rings is 1. The summed E-state index contributed by atoms with van der Waals surface area (Å²) in [6, 6.07) is -0.273. The molecule has 0 aromatic rings. The Morgan fingerprint density at radius 1 is 1.21 bits per heavy atom. The summed E-state index contributed by atoms with van der Waals surface area (Å²) in [4.78, 5) is 12.2. The Morgan fingerprint density at radius 2 is 1.95 bits per heavy atom. The summed E-state index contributed by atoms with van der Waals surface area (Å²) in [5.74, 6) is -0.789. The number of carbonyl (C=O) groups is 1. The lowest BCUT2D eigenvalue weighted by Gasteiger charge is -2.41. The molecule has 0 bridgehead atoms. The molecular formula is C13H18F3NO2. The maximum atomic E-state index is 12.4. The van der Waals surface area contributed by atoms with Gasteiger partial charge in [0.2, 0.25) is 0 Å². The second-order valence-corrected chi connectivity index (χ2v) is 6.02. The monoisotopic (exact) mass is 277 g/mol. The Bertz CT molecular complexity index is 385. The van der Waals surface area contributed by atoms with Gasteiger partial charge in [0, 0.05) is 13.1 Å². The molecule has 1 saturated heterocycles. The van der Waals surface area contributed by atoms with Gasteiger partial charge in [-0.15, -0.1) is 0 Å². The summed E-state index contributed by atoms with van der Waals surface area (Å²) >= 11 is 0. The zero-order chi connectivity index (χ0) is 13.8. The highest BCUT2D eigenvalue weighted by Gasteiger charge is 2.53. The minimum atomic E-state index is -4.76. The van der Waals surface area contributed by atoms with Crippen molar-refractivity contribution in [1.29, 1.82) is 0 Å². The molecule has 3 fully saturated rings. The number of hydrogen-bond acceptors (Lipinski definition) is 2. The molecule has 5 atom stereocenters. The molecule has 0 aromatic heterocycles. The van der Waals surface area contributed by atoms with E-state index in [9.17, 15) is 18.0 Å². The Kier molecular flexibility index (Phi) is 3.04. The van der Waals surface area contributed by atoms with Gasteiger partial charge in [-0.25, -0.2) is 0 Å². The average molecular weight is 277 g/mol. The molecule has 1 amide bonds. The first-order valence-corrected chi connectivity index (χ1v) is 6.87. The van der Waals surface area contributed by atoms with Crippen molar-refractivity contribution < 1.29 is 22.7 Å². The summed E-state index contributed by atoms with van der Waals surface area (Å²) in [6.45, 7) is 0. The van der Waals surface area contributed by atoms with E-state index >= 15 is 0 Å². The Hall–Kier alpha value is -0.780. The number of carbonyl (C=O) groups excluding carboxylic acids is 1. The molecule has 3 aliphatic rings. The second-order valence-electron chi connectivity index (χ2n) is 6.02. The van der Waals surface area contributed by atoms with Gasteiger partial charge in [0.05, 0.1) is 12.2 Å². The van der Waals surface area contributed by atoms with Crippen LogP contribution in [0.1, 0.15) is 32.1 Å². The first-order valence-electron chi connectivity index (χ1n) is 6.87. The number of ether oxygens (including phenoxy) is 1. The lowest BCUT2D eigenvalue weighted by molar-refractivity contribution is -0.187. The van der Waals surface area contributed by atoms with Gasteiger partial charge in [0.25, 0.3) is 0 Å². The summed E-state index contributed by atoms with van der Waals surface area (Å²) < 4.78 is 42.9. The van der Waals surface area contributed by atoms with Crippen LogP contribution in [0.25, 0.3) is 0 Å². The number of fused-ring (bicyclic) bond motifs is 3. The minimum Gasteiger partial charge on any atom is -0.369 e. The maximum Gasteiger partial charge on any atom is 0.471 e. The van der Waals surface area contributed by atoms with E-state index in [0.29, 0.717) is 36.9 Å². The largest absolute Gasteiger partial charge is 0.471 e. The van der Waals surface area contributed by atoms with Crippen LogP contribution in [0.5, 0.6) is 0 Å². The number of nitrogens with zero attached hydrogens (tertiary/aromatic N) is 1. The minimum absolute atomic E-state index is 0.273. The molecule has 0 spiro atoms. The van der Waals surface area contributed by atoms with Crippen LogP contribution in [-0.2, 0) is 9.53 Å². The Labute approximate surface area is 110 Å². The molecule has 3 rings (SSSR count). The average Bonchev–Trinajstić information content (AvgIpc) is 3.14. The highest BCUT2D eigenvalue weighted by molar-refractivity contribution is 5.81. The van der Waals surface area contributed by atoms with Crippen LogP contribution in [0.3, 0.4) is 0 Å². The normalized spacial score (nSPS) is 41.2. The summed E-state index contributed by atoms with van der Waals surface area (Å²) in [6.07, 6.45) is 0.276. The van der Waals surface area contributed by atoms with Gasteiger partial charge < -0.3 is 9.64 Å². The van der Waals surface area contributed by atoms with Crippen molar-refractivity contribution in [3.8, 4) is 0 Å². The first-order chi connectivity index (χ1) is 8.88. The molecule has 0 aromatic carbocycles. The van der Waals surface area contributed by atoms with Gasteiger partial charge in [-0.2, -0.15) is 13.2 Å². The van der Waals surface area contributed by atoms with Crippen molar-refractivity contribution in [2.45, 2.75) is 56.5 Å². The molecule has 0 unspecified atom stereocenters. The first kappa shape index (κ1) is 13.2. The fourth-order valence-electron chi connectivity index (χ4n) is 3.89. The molecule has 2 aliphatic carbocycles. The van der Waals surface area contributed by atoms with E-state index in [2.05, 4.69) is 0 Å². The van der Waals surface area contributed by atoms with Crippen molar-refractivity contribution in [2.75, 3.05) is 7.05 Å². The SMILES string of the molecule is CN(C(=O)C(F)(F)F)[C@@H]1CC[C@H]2[C@H](CC[C@@H]3O[C@H]23)C1. The van der Waals surface area contributed by atoms with Gasteiger partial charge in [-0.3, -0.25) is 4.79 Å². The predicted octanol–water partition coefficient (Wildman–Crippen LogP) is 2.35. The lowest BCUT2D eigenvalue weighted by Crippen LogP contribution is -2.48. The third-order valence-electron chi connectivity index (χ3n) is 4.99. The fraction of sp³-hybridized carbons (Fsp3) is 0.923. The summed E-state index contributed by atoms with van der Waals surface area (Å²) in [5, 5.41) is 0. The third kappa shape index (κ3) is 2.35. The van der Waals surface area contributed by atoms with Crippen molar-refractivity contribution in [3.63, 3.8) is 0 Å². The number of alkyl halides is 3. The number of hydrogen-bond donors (Lipinski definition) is 0. The van der Waals surface area contributed by atoms with Crippen LogP contribution in [-0.4, -0.2) is 42.3 Å². The lowest BCUT2D eigenvalue weighted by atomic mass is 9.69. The Balaban J connectivity index is 1.63. The van der Waals surface area contributed by atoms with Crippen molar-refractivity contribution >= 4 is 5.91 Å². The van der Waals surface area contributed by atoms with E-state index < -0.39 is 12.1 Å². The number of rotatable bonds is 1. The highest BCUT2D eigenvalue weighted by atomic mass is 19.4. The van der Waals surface area contributed by atoms with E-state index in [1.165, 1.54) is 7.05 Å². The second kappa shape index (κ2) is 4.36. The van der Waals surface area contributed by atoms with E-state index in [1.807, 2.05) is 0 Å². The van der Waals surface area contributed by atoms with Gasteiger partial charge >= 0.3 is 12.1 Å². The molecule has 0 N–H and O–H groups in total.